The molecule has 2 unspecified atom stereocenters. The molecule has 16 heavy (non-hydrogen) atoms. The second kappa shape index (κ2) is 5.07. The van der Waals surface area contributed by atoms with E-state index in [0.717, 1.165) is 26.6 Å². The van der Waals surface area contributed by atoms with E-state index in [-0.39, 0.29) is 11.5 Å². The van der Waals surface area contributed by atoms with E-state index in [1.165, 1.54) is 0 Å². The number of nitrogens with zero attached hydrogens (tertiary/aromatic N) is 1. The van der Waals surface area contributed by atoms with Crippen LogP contribution in [0.4, 0.5) is 0 Å². The van der Waals surface area contributed by atoms with Crippen LogP contribution in [-0.2, 0) is 4.84 Å². The van der Waals surface area contributed by atoms with Crippen molar-refractivity contribution >= 4 is 49.2 Å². The van der Waals surface area contributed by atoms with Crippen molar-refractivity contribution in [3.63, 3.8) is 0 Å². The summed E-state index contributed by atoms with van der Waals surface area (Å²) in [4.78, 5) is 5.28. The summed E-state index contributed by atoms with van der Waals surface area (Å²) < 4.78 is 2.04. The average molecular weight is 367 g/mol. The summed E-state index contributed by atoms with van der Waals surface area (Å²) >= 11 is 12.9. The maximum absolute atomic E-state index is 5.98. The monoisotopic (exact) mass is 365 g/mol. The van der Waals surface area contributed by atoms with Crippen molar-refractivity contribution in [2.24, 2.45) is 5.16 Å². The van der Waals surface area contributed by atoms with Gasteiger partial charge in [0, 0.05) is 20.9 Å². The normalized spacial score (nSPS) is 21.5. The van der Waals surface area contributed by atoms with Gasteiger partial charge < -0.3 is 4.84 Å². The molecular formula is C11H10Br2ClNO. The standard InChI is InChI=1S/C11H10Br2ClNO/c1-6(14)11-5-10(15-16-11)7-2-3-8(12)9(13)4-7/h2-4,6,11H,5H2,1H3. The summed E-state index contributed by atoms with van der Waals surface area (Å²) in [6.45, 7) is 1.92. The molecule has 1 heterocycles. The van der Waals surface area contributed by atoms with Crippen LogP contribution in [-0.4, -0.2) is 17.2 Å². The van der Waals surface area contributed by atoms with Crippen molar-refractivity contribution in [2.75, 3.05) is 0 Å². The fourth-order valence-electron chi connectivity index (χ4n) is 1.49. The minimum atomic E-state index is -0.0276. The maximum atomic E-state index is 5.98. The van der Waals surface area contributed by atoms with Gasteiger partial charge in [-0.15, -0.1) is 11.6 Å². The molecule has 0 fully saturated rings. The van der Waals surface area contributed by atoms with Gasteiger partial charge in [-0.1, -0.05) is 11.2 Å². The van der Waals surface area contributed by atoms with E-state index in [4.69, 9.17) is 16.4 Å². The molecule has 2 nitrogen and oxygen atoms in total. The van der Waals surface area contributed by atoms with E-state index in [1.54, 1.807) is 0 Å². The Labute approximate surface area is 116 Å². The highest BCUT2D eigenvalue weighted by Crippen LogP contribution is 2.27. The Morgan fingerprint density at radius 2 is 2.19 bits per heavy atom. The number of oxime groups is 1. The molecule has 0 spiro atoms. The smallest absolute Gasteiger partial charge is 0.149 e. The zero-order valence-corrected chi connectivity index (χ0v) is 12.5. The van der Waals surface area contributed by atoms with Gasteiger partial charge in [0.1, 0.15) is 6.10 Å². The highest BCUT2D eigenvalue weighted by Gasteiger charge is 2.26. The zero-order chi connectivity index (χ0) is 11.7. The molecule has 0 N–H and O–H groups in total. The van der Waals surface area contributed by atoms with Crippen LogP contribution in [0, 0.1) is 0 Å². The molecule has 5 heteroatoms. The lowest BCUT2D eigenvalue weighted by molar-refractivity contribution is 0.0855. The van der Waals surface area contributed by atoms with Crippen molar-refractivity contribution in [3.05, 3.63) is 32.7 Å². The molecule has 1 aromatic carbocycles. The molecule has 0 saturated carbocycles. The van der Waals surface area contributed by atoms with E-state index in [1.807, 2.05) is 25.1 Å². The van der Waals surface area contributed by atoms with Gasteiger partial charge in [-0.05, 0) is 50.9 Å². The molecule has 2 rings (SSSR count). The first-order chi connectivity index (χ1) is 7.58. The van der Waals surface area contributed by atoms with Gasteiger partial charge in [0.05, 0.1) is 11.1 Å². The highest BCUT2D eigenvalue weighted by molar-refractivity contribution is 9.13. The Bertz CT molecular complexity index is 434. The summed E-state index contributed by atoms with van der Waals surface area (Å²) in [6.07, 6.45) is 0.748. The molecule has 0 saturated heterocycles. The lowest BCUT2D eigenvalue weighted by atomic mass is 10.0. The van der Waals surface area contributed by atoms with Gasteiger partial charge in [0.2, 0.25) is 0 Å². The van der Waals surface area contributed by atoms with Gasteiger partial charge in [0.25, 0.3) is 0 Å². The molecule has 0 bridgehead atoms. The van der Waals surface area contributed by atoms with Crippen molar-refractivity contribution < 1.29 is 4.84 Å². The lowest BCUT2D eigenvalue weighted by Gasteiger charge is -2.09. The molecule has 0 amide bonds. The number of hydrogen-bond donors (Lipinski definition) is 0. The molecule has 0 aliphatic carbocycles. The van der Waals surface area contributed by atoms with Gasteiger partial charge in [-0.25, -0.2) is 0 Å². The van der Waals surface area contributed by atoms with E-state index >= 15 is 0 Å². The van der Waals surface area contributed by atoms with Crippen LogP contribution in [0.25, 0.3) is 0 Å². The van der Waals surface area contributed by atoms with Gasteiger partial charge in [0.15, 0.2) is 0 Å². The number of rotatable bonds is 2. The Morgan fingerprint density at radius 3 is 2.75 bits per heavy atom. The third-order valence-electron chi connectivity index (χ3n) is 2.46. The van der Waals surface area contributed by atoms with Gasteiger partial charge in [-0.3, -0.25) is 0 Å². The first-order valence-corrected chi connectivity index (χ1v) is 6.92. The van der Waals surface area contributed by atoms with Crippen LogP contribution in [0.15, 0.2) is 32.3 Å². The number of alkyl halides is 1. The molecule has 86 valence electrons. The molecule has 1 aliphatic heterocycles. The number of halogens is 3. The van der Waals surface area contributed by atoms with E-state index in [2.05, 4.69) is 37.0 Å². The molecule has 2 atom stereocenters. The molecular weight excluding hydrogens is 357 g/mol. The van der Waals surface area contributed by atoms with Crippen molar-refractivity contribution in [1.29, 1.82) is 0 Å². The Kier molecular flexibility index (Phi) is 3.93. The van der Waals surface area contributed by atoms with Crippen LogP contribution in [0.1, 0.15) is 18.9 Å². The highest BCUT2D eigenvalue weighted by atomic mass is 79.9. The second-order valence-electron chi connectivity index (χ2n) is 3.69. The predicted molar refractivity (Wildman–Crippen MR) is 73.2 cm³/mol. The molecule has 1 aliphatic rings. The summed E-state index contributed by atoms with van der Waals surface area (Å²) in [5, 5.41) is 4.05. The quantitative estimate of drug-likeness (QED) is 0.713. The van der Waals surface area contributed by atoms with Crippen LogP contribution < -0.4 is 0 Å². The van der Waals surface area contributed by atoms with Crippen LogP contribution in [0.5, 0.6) is 0 Å². The van der Waals surface area contributed by atoms with E-state index < -0.39 is 0 Å². The van der Waals surface area contributed by atoms with Crippen LogP contribution in [0.2, 0.25) is 0 Å². The van der Waals surface area contributed by atoms with E-state index in [0.29, 0.717) is 0 Å². The second-order valence-corrected chi connectivity index (χ2v) is 6.09. The number of hydrogen-bond acceptors (Lipinski definition) is 2. The Balaban J connectivity index is 2.18. The summed E-state index contributed by atoms with van der Waals surface area (Å²) in [5.74, 6) is 0. The maximum Gasteiger partial charge on any atom is 0.149 e. The Morgan fingerprint density at radius 1 is 1.44 bits per heavy atom. The predicted octanol–water partition coefficient (Wildman–Crippen LogP) is 4.33. The summed E-state index contributed by atoms with van der Waals surface area (Å²) in [6, 6.07) is 6.02. The third-order valence-corrected chi connectivity index (χ3v) is 4.62. The summed E-state index contributed by atoms with van der Waals surface area (Å²) in [7, 11) is 0. The van der Waals surface area contributed by atoms with Crippen molar-refractivity contribution in [3.8, 4) is 0 Å². The van der Waals surface area contributed by atoms with Gasteiger partial charge >= 0.3 is 0 Å². The fourth-order valence-corrected chi connectivity index (χ4v) is 2.25. The largest absolute Gasteiger partial charge is 0.390 e. The van der Waals surface area contributed by atoms with E-state index in [9.17, 15) is 0 Å². The van der Waals surface area contributed by atoms with Crippen LogP contribution >= 0.6 is 43.5 Å². The topological polar surface area (TPSA) is 21.6 Å². The molecule has 0 aromatic heterocycles. The van der Waals surface area contributed by atoms with Gasteiger partial charge in [-0.2, -0.15) is 0 Å². The summed E-state index contributed by atoms with van der Waals surface area (Å²) in [5.41, 5.74) is 2.01. The fraction of sp³-hybridized carbons (Fsp3) is 0.364. The Hall–Kier alpha value is -0.0600. The number of benzene rings is 1. The van der Waals surface area contributed by atoms with Crippen molar-refractivity contribution in [2.45, 2.75) is 24.8 Å². The lowest BCUT2D eigenvalue weighted by Crippen LogP contribution is -2.18. The van der Waals surface area contributed by atoms with Crippen LogP contribution in [0.3, 0.4) is 0 Å². The minimum Gasteiger partial charge on any atom is -0.390 e. The molecule has 1 aromatic rings. The minimum absolute atomic E-state index is 0.0147. The zero-order valence-electron chi connectivity index (χ0n) is 8.58. The molecule has 0 radical (unpaired) electrons. The average Bonchev–Trinajstić information content (AvgIpc) is 2.71. The SMILES string of the molecule is CC(Cl)C1CC(c2ccc(Br)c(Br)c2)=NO1. The first kappa shape index (κ1) is 12.4. The third kappa shape index (κ3) is 2.60. The first-order valence-electron chi connectivity index (χ1n) is 4.90. The van der Waals surface area contributed by atoms with Crippen molar-refractivity contribution in [1.82, 2.24) is 0 Å².